The number of carbonyl (C=O) groups is 1. The van der Waals surface area contributed by atoms with E-state index in [1.165, 1.54) is 23.5 Å². The molecule has 1 aromatic heterocycles. The van der Waals surface area contributed by atoms with Gasteiger partial charge in [0, 0.05) is 12.2 Å². The molecule has 1 aromatic carbocycles. The number of amides is 1. The van der Waals surface area contributed by atoms with Crippen molar-refractivity contribution in [2.24, 2.45) is 0 Å². The van der Waals surface area contributed by atoms with Gasteiger partial charge in [-0.1, -0.05) is 12.1 Å². The predicted molar refractivity (Wildman–Crippen MR) is 107 cm³/mol. The van der Waals surface area contributed by atoms with E-state index in [-0.39, 0.29) is 11.7 Å². The van der Waals surface area contributed by atoms with Gasteiger partial charge in [0.05, 0.1) is 18.2 Å². The number of nitrogens with zero attached hydrogens (tertiary/aromatic N) is 2. The van der Waals surface area contributed by atoms with E-state index in [0.717, 1.165) is 36.2 Å². The van der Waals surface area contributed by atoms with Crippen LogP contribution in [0.5, 0.6) is 0 Å². The molecule has 1 unspecified atom stereocenters. The van der Waals surface area contributed by atoms with E-state index in [0.29, 0.717) is 30.5 Å². The lowest BCUT2D eigenvalue weighted by atomic mass is 10.0. The SMILES string of the molecule is Cc1c(C#N)c(NC(=O)C[NH+]2CCCC[C@@H]2C)n(Cc2ccc(F)cc2)c1C. The van der Waals surface area contributed by atoms with Crippen molar-refractivity contribution in [2.75, 3.05) is 18.4 Å². The fourth-order valence-corrected chi connectivity index (χ4v) is 4.00. The number of nitriles is 1. The number of nitrogens with one attached hydrogen (secondary N) is 2. The Morgan fingerprint density at radius 2 is 2.04 bits per heavy atom. The molecule has 0 saturated carbocycles. The second-order valence-corrected chi connectivity index (χ2v) is 7.79. The fourth-order valence-electron chi connectivity index (χ4n) is 4.00. The van der Waals surface area contributed by atoms with Crippen molar-refractivity contribution < 1.29 is 14.1 Å². The molecule has 3 rings (SSSR count). The molecule has 2 aromatic rings. The Morgan fingerprint density at radius 1 is 1.32 bits per heavy atom. The van der Waals surface area contributed by atoms with Crippen molar-refractivity contribution >= 4 is 11.7 Å². The maximum Gasteiger partial charge on any atom is 0.280 e. The van der Waals surface area contributed by atoms with Gasteiger partial charge in [0.2, 0.25) is 0 Å². The summed E-state index contributed by atoms with van der Waals surface area (Å²) in [7, 11) is 0. The van der Waals surface area contributed by atoms with E-state index in [2.05, 4.69) is 18.3 Å². The first-order chi connectivity index (χ1) is 13.4. The van der Waals surface area contributed by atoms with Crippen molar-refractivity contribution in [1.29, 1.82) is 5.26 Å². The lowest BCUT2D eigenvalue weighted by Crippen LogP contribution is -3.17. The van der Waals surface area contributed by atoms with Gasteiger partial charge >= 0.3 is 0 Å². The van der Waals surface area contributed by atoms with Crippen molar-refractivity contribution in [3.63, 3.8) is 0 Å². The smallest absolute Gasteiger partial charge is 0.280 e. The van der Waals surface area contributed by atoms with Crippen LogP contribution in [-0.4, -0.2) is 29.6 Å². The molecule has 1 amide bonds. The molecule has 28 heavy (non-hydrogen) atoms. The molecular weight excluding hydrogens is 355 g/mol. The molecule has 1 saturated heterocycles. The quantitative estimate of drug-likeness (QED) is 0.834. The van der Waals surface area contributed by atoms with Gasteiger partial charge in [-0.15, -0.1) is 0 Å². The molecule has 148 valence electrons. The molecule has 2 heterocycles. The molecule has 1 fully saturated rings. The number of aromatic nitrogens is 1. The Kier molecular flexibility index (Phi) is 6.15. The number of benzene rings is 1. The Hall–Kier alpha value is -2.65. The average Bonchev–Trinajstić information content (AvgIpc) is 2.89. The standard InChI is InChI=1S/C22H27FN4O/c1-15-6-4-5-11-26(15)14-21(28)25-22-20(12-24)16(2)17(3)27(22)13-18-7-9-19(23)10-8-18/h7-10,15H,4-6,11,13-14H2,1-3H3,(H,25,28)/p+1/t15-/m0/s1. The lowest BCUT2D eigenvalue weighted by molar-refractivity contribution is -0.920. The average molecular weight is 383 g/mol. The Bertz CT molecular complexity index is 895. The highest BCUT2D eigenvalue weighted by Crippen LogP contribution is 2.27. The van der Waals surface area contributed by atoms with Crippen LogP contribution in [0.1, 0.15) is 48.6 Å². The zero-order valence-corrected chi connectivity index (χ0v) is 16.8. The highest BCUT2D eigenvalue weighted by Gasteiger charge is 2.26. The summed E-state index contributed by atoms with van der Waals surface area (Å²) >= 11 is 0. The maximum atomic E-state index is 13.2. The number of halogens is 1. The number of quaternary nitrogens is 1. The number of hydrogen-bond donors (Lipinski definition) is 2. The summed E-state index contributed by atoms with van der Waals surface area (Å²) in [6, 6.07) is 9.00. The minimum Gasteiger partial charge on any atom is -0.326 e. The van der Waals surface area contributed by atoms with Gasteiger partial charge in [0.1, 0.15) is 17.7 Å². The summed E-state index contributed by atoms with van der Waals surface area (Å²) < 4.78 is 15.2. The van der Waals surface area contributed by atoms with Gasteiger partial charge in [-0.2, -0.15) is 5.26 Å². The third kappa shape index (κ3) is 4.26. The molecule has 0 bridgehead atoms. The van der Waals surface area contributed by atoms with E-state index < -0.39 is 0 Å². The zero-order chi connectivity index (χ0) is 20.3. The molecular formula is C22H28FN4O+. The number of likely N-dealkylation sites (tertiary alicyclic amines) is 1. The minimum absolute atomic E-state index is 0.0712. The summed E-state index contributed by atoms with van der Waals surface area (Å²) in [5.41, 5.74) is 3.19. The lowest BCUT2D eigenvalue weighted by Gasteiger charge is -2.29. The monoisotopic (exact) mass is 383 g/mol. The number of piperidine rings is 1. The maximum absolute atomic E-state index is 13.2. The van der Waals surface area contributed by atoms with Crippen molar-refractivity contribution in [3.8, 4) is 6.07 Å². The van der Waals surface area contributed by atoms with Crippen molar-refractivity contribution in [3.05, 3.63) is 52.5 Å². The largest absolute Gasteiger partial charge is 0.326 e. The van der Waals surface area contributed by atoms with E-state index in [4.69, 9.17) is 0 Å². The molecule has 2 atom stereocenters. The second-order valence-electron chi connectivity index (χ2n) is 7.79. The molecule has 1 aliphatic heterocycles. The summed E-state index contributed by atoms with van der Waals surface area (Å²) in [4.78, 5) is 14.1. The van der Waals surface area contributed by atoms with Gasteiger partial charge in [0.25, 0.3) is 5.91 Å². The Morgan fingerprint density at radius 3 is 2.68 bits per heavy atom. The van der Waals surface area contributed by atoms with Gasteiger partial charge in [-0.3, -0.25) is 4.79 Å². The Labute approximate surface area is 165 Å². The molecule has 5 nitrogen and oxygen atoms in total. The van der Waals surface area contributed by atoms with E-state index >= 15 is 0 Å². The third-order valence-electron chi connectivity index (χ3n) is 5.92. The van der Waals surface area contributed by atoms with E-state index in [1.54, 1.807) is 12.1 Å². The van der Waals surface area contributed by atoms with Crippen LogP contribution < -0.4 is 10.2 Å². The van der Waals surface area contributed by atoms with Gasteiger partial charge in [-0.25, -0.2) is 4.39 Å². The summed E-state index contributed by atoms with van der Waals surface area (Å²) in [5, 5.41) is 12.6. The van der Waals surface area contributed by atoms with E-state index in [9.17, 15) is 14.4 Å². The third-order valence-corrected chi connectivity index (χ3v) is 5.92. The molecule has 0 radical (unpaired) electrons. The van der Waals surface area contributed by atoms with Crippen LogP contribution in [0.15, 0.2) is 24.3 Å². The number of hydrogen-bond acceptors (Lipinski definition) is 2. The van der Waals surface area contributed by atoms with Crippen LogP contribution >= 0.6 is 0 Å². The fraction of sp³-hybridized carbons (Fsp3) is 0.455. The first-order valence-corrected chi connectivity index (χ1v) is 9.89. The normalized spacial score (nSPS) is 19.2. The number of carbonyl (C=O) groups excluding carboxylic acids is 1. The first kappa shape index (κ1) is 20.1. The van der Waals surface area contributed by atoms with Crippen LogP contribution in [0.25, 0.3) is 0 Å². The van der Waals surface area contributed by atoms with E-state index in [1.807, 2.05) is 18.4 Å². The molecule has 0 spiro atoms. The molecule has 0 aliphatic carbocycles. The topological polar surface area (TPSA) is 62.3 Å². The first-order valence-electron chi connectivity index (χ1n) is 9.89. The van der Waals surface area contributed by atoms with Crippen LogP contribution in [0.2, 0.25) is 0 Å². The molecule has 1 aliphatic rings. The summed E-state index contributed by atoms with van der Waals surface area (Å²) in [5.74, 6) is 0.183. The highest BCUT2D eigenvalue weighted by atomic mass is 19.1. The van der Waals surface area contributed by atoms with Crippen LogP contribution in [-0.2, 0) is 11.3 Å². The zero-order valence-electron chi connectivity index (χ0n) is 16.8. The molecule has 2 N–H and O–H groups in total. The summed E-state index contributed by atoms with van der Waals surface area (Å²) in [6.45, 7) is 7.90. The molecule has 6 heteroatoms. The number of anilines is 1. The predicted octanol–water partition coefficient (Wildman–Crippen LogP) is 2.56. The summed E-state index contributed by atoms with van der Waals surface area (Å²) in [6.07, 6.45) is 3.52. The van der Waals surface area contributed by atoms with Crippen LogP contribution in [0.3, 0.4) is 0 Å². The Balaban J connectivity index is 1.84. The van der Waals surface area contributed by atoms with Crippen LogP contribution in [0.4, 0.5) is 10.2 Å². The van der Waals surface area contributed by atoms with Crippen molar-refractivity contribution in [1.82, 2.24) is 4.57 Å². The van der Waals surface area contributed by atoms with Crippen molar-refractivity contribution in [2.45, 2.75) is 52.6 Å². The highest BCUT2D eigenvalue weighted by molar-refractivity contribution is 5.92. The van der Waals surface area contributed by atoms with Gasteiger partial charge in [0.15, 0.2) is 6.54 Å². The minimum atomic E-state index is -0.283. The number of rotatable bonds is 5. The van der Waals surface area contributed by atoms with Gasteiger partial charge < -0.3 is 14.8 Å². The van der Waals surface area contributed by atoms with Gasteiger partial charge in [-0.05, 0) is 63.3 Å². The second kappa shape index (κ2) is 8.57. The van der Waals surface area contributed by atoms with Crippen LogP contribution in [0, 0.1) is 31.0 Å².